The molecule has 0 radical (unpaired) electrons. The van der Waals surface area contributed by atoms with Crippen LogP contribution in [0.3, 0.4) is 0 Å². The standard InChI is InChI=1S/C19H20N4O2/c1-14(16-3-5-18(25-2)6-4-16)23-19(24)17(11-20)13-22-12-15-7-9-21-10-8-15/h3-10,13-14,22H,12H2,1-2H3,(H,23,24)/b17-13-. The van der Waals surface area contributed by atoms with Crippen molar-refractivity contribution in [2.75, 3.05) is 7.11 Å². The highest BCUT2D eigenvalue weighted by molar-refractivity contribution is 5.97. The highest BCUT2D eigenvalue weighted by Gasteiger charge is 2.13. The van der Waals surface area contributed by atoms with Gasteiger partial charge in [-0.25, -0.2) is 0 Å². The fourth-order valence-electron chi connectivity index (χ4n) is 2.17. The lowest BCUT2D eigenvalue weighted by Gasteiger charge is -2.14. The molecule has 0 saturated carbocycles. The number of carbonyl (C=O) groups excluding carboxylic acids is 1. The van der Waals surface area contributed by atoms with E-state index in [-0.39, 0.29) is 11.6 Å². The quantitative estimate of drug-likeness (QED) is 0.599. The molecule has 0 saturated heterocycles. The molecule has 0 fully saturated rings. The van der Waals surface area contributed by atoms with Crippen LogP contribution in [0.5, 0.6) is 5.75 Å². The number of amides is 1. The van der Waals surface area contributed by atoms with Crippen molar-refractivity contribution >= 4 is 5.91 Å². The highest BCUT2D eigenvalue weighted by atomic mass is 16.5. The Morgan fingerprint density at radius 2 is 1.96 bits per heavy atom. The van der Waals surface area contributed by atoms with Gasteiger partial charge in [-0.1, -0.05) is 12.1 Å². The molecule has 0 aliphatic carbocycles. The Morgan fingerprint density at radius 3 is 2.56 bits per heavy atom. The van der Waals surface area contributed by atoms with E-state index in [9.17, 15) is 10.1 Å². The second-order valence-corrected chi connectivity index (χ2v) is 5.37. The zero-order valence-corrected chi connectivity index (χ0v) is 14.2. The molecule has 2 aromatic rings. The first-order valence-corrected chi connectivity index (χ1v) is 7.81. The lowest BCUT2D eigenvalue weighted by molar-refractivity contribution is -0.117. The van der Waals surface area contributed by atoms with Gasteiger partial charge in [-0.3, -0.25) is 9.78 Å². The highest BCUT2D eigenvalue weighted by Crippen LogP contribution is 2.17. The molecule has 1 aromatic carbocycles. The number of methoxy groups -OCH3 is 1. The van der Waals surface area contributed by atoms with Gasteiger partial charge in [0, 0.05) is 25.1 Å². The summed E-state index contributed by atoms with van der Waals surface area (Å²) in [5, 5.41) is 15.0. The first-order valence-electron chi connectivity index (χ1n) is 7.81. The lowest BCUT2D eigenvalue weighted by atomic mass is 10.1. The van der Waals surface area contributed by atoms with Crippen molar-refractivity contribution in [1.29, 1.82) is 5.26 Å². The van der Waals surface area contributed by atoms with Crippen molar-refractivity contribution in [2.24, 2.45) is 0 Å². The number of hydrogen-bond donors (Lipinski definition) is 2. The van der Waals surface area contributed by atoms with E-state index >= 15 is 0 Å². The Bertz CT molecular complexity index is 764. The van der Waals surface area contributed by atoms with Crippen LogP contribution in [0, 0.1) is 11.3 Å². The number of benzene rings is 1. The fraction of sp³-hybridized carbons (Fsp3) is 0.211. The number of rotatable bonds is 7. The molecule has 2 N–H and O–H groups in total. The molecule has 128 valence electrons. The molecule has 1 aromatic heterocycles. The fourth-order valence-corrected chi connectivity index (χ4v) is 2.17. The Kier molecular flexibility index (Phi) is 6.55. The molecule has 0 aliphatic heterocycles. The molecule has 0 aliphatic rings. The summed E-state index contributed by atoms with van der Waals surface area (Å²) in [4.78, 5) is 16.2. The number of carbonyl (C=O) groups is 1. The zero-order chi connectivity index (χ0) is 18.1. The normalized spacial score (nSPS) is 12.0. The topological polar surface area (TPSA) is 87.0 Å². The molecule has 0 spiro atoms. The Hall–Kier alpha value is -3.33. The van der Waals surface area contributed by atoms with Gasteiger partial charge in [-0.05, 0) is 42.3 Å². The van der Waals surface area contributed by atoms with Crippen LogP contribution in [0.25, 0.3) is 0 Å². The van der Waals surface area contributed by atoms with Gasteiger partial charge in [0.15, 0.2) is 0 Å². The third kappa shape index (κ3) is 5.36. The number of ether oxygens (including phenoxy) is 1. The van der Waals surface area contributed by atoms with Gasteiger partial charge in [0.1, 0.15) is 17.4 Å². The molecule has 2 rings (SSSR count). The second-order valence-electron chi connectivity index (χ2n) is 5.37. The first kappa shape index (κ1) is 18.0. The van der Waals surface area contributed by atoms with E-state index in [0.717, 1.165) is 16.9 Å². The predicted molar refractivity (Wildman–Crippen MR) is 94.3 cm³/mol. The molecule has 0 bridgehead atoms. The lowest BCUT2D eigenvalue weighted by Crippen LogP contribution is -2.28. The Labute approximate surface area is 147 Å². The van der Waals surface area contributed by atoms with Crippen molar-refractivity contribution in [3.8, 4) is 11.8 Å². The number of hydrogen-bond acceptors (Lipinski definition) is 5. The summed E-state index contributed by atoms with van der Waals surface area (Å²) >= 11 is 0. The molecule has 1 unspecified atom stereocenters. The minimum atomic E-state index is -0.423. The van der Waals surface area contributed by atoms with Crippen LogP contribution in [0.1, 0.15) is 24.1 Å². The van der Waals surface area contributed by atoms with Gasteiger partial charge in [0.25, 0.3) is 5.91 Å². The van der Waals surface area contributed by atoms with Gasteiger partial charge in [-0.15, -0.1) is 0 Å². The largest absolute Gasteiger partial charge is 0.497 e. The summed E-state index contributed by atoms with van der Waals surface area (Å²) in [5.74, 6) is 0.327. The Morgan fingerprint density at radius 1 is 1.28 bits per heavy atom. The third-order valence-corrected chi connectivity index (χ3v) is 3.63. The van der Waals surface area contributed by atoms with Crippen molar-refractivity contribution in [3.05, 3.63) is 71.7 Å². The van der Waals surface area contributed by atoms with E-state index in [1.807, 2.05) is 49.4 Å². The van der Waals surface area contributed by atoms with Gasteiger partial charge in [0.2, 0.25) is 0 Å². The maximum absolute atomic E-state index is 12.2. The monoisotopic (exact) mass is 336 g/mol. The molecule has 6 heteroatoms. The van der Waals surface area contributed by atoms with Crippen LogP contribution in [0.4, 0.5) is 0 Å². The molecule has 1 atom stereocenters. The summed E-state index contributed by atoms with van der Waals surface area (Å²) in [5.41, 5.74) is 1.96. The van der Waals surface area contributed by atoms with E-state index in [0.29, 0.717) is 6.54 Å². The van der Waals surface area contributed by atoms with Gasteiger partial charge >= 0.3 is 0 Å². The molecule has 6 nitrogen and oxygen atoms in total. The van der Waals surface area contributed by atoms with Crippen LogP contribution in [-0.4, -0.2) is 18.0 Å². The average molecular weight is 336 g/mol. The third-order valence-electron chi connectivity index (χ3n) is 3.63. The summed E-state index contributed by atoms with van der Waals surface area (Å²) in [6.45, 7) is 2.37. The molecule has 1 heterocycles. The number of aromatic nitrogens is 1. The van der Waals surface area contributed by atoms with Crippen molar-refractivity contribution in [2.45, 2.75) is 19.5 Å². The van der Waals surface area contributed by atoms with E-state index < -0.39 is 5.91 Å². The molecular weight excluding hydrogens is 316 g/mol. The van der Waals surface area contributed by atoms with Crippen molar-refractivity contribution in [3.63, 3.8) is 0 Å². The van der Waals surface area contributed by atoms with Crippen molar-refractivity contribution in [1.82, 2.24) is 15.6 Å². The van der Waals surface area contributed by atoms with Crippen molar-refractivity contribution < 1.29 is 9.53 Å². The van der Waals surface area contributed by atoms with Crippen LogP contribution >= 0.6 is 0 Å². The van der Waals surface area contributed by atoms with Crippen LogP contribution < -0.4 is 15.4 Å². The van der Waals surface area contributed by atoms with E-state index in [4.69, 9.17) is 4.74 Å². The van der Waals surface area contributed by atoms with Gasteiger partial charge in [0.05, 0.1) is 13.2 Å². The van der Waals surface area contributed by atoms with E-state index in [1.54, 1.807) is 19.5 Å². The summed E-state index contributed by atoms with van der Waals surface area (Å²) in [6.07, 6.45) is 4.81. The number of nitrogens with one attached hydrogen (secondary N) is 2. The Balaban J connectivity index is 1.94. The van der Waals surface area contributed by atoms with Crippen LogP contribution in [-0.2, 0) is 11.3 Å². The predicted octanol–water partition coefficient (Wildman–Crippen LogP) is 2.46. The number of pyridine rings is 1. The zero-order valence-electron chi connectivity index (χ0n) is 14.2. The summed E-state index contributed by atoms with van der Waals surface area (Å²) in [6, 6.07) is 12.8. The maximum atomic E-state index is 12.2. The minimum Gasteiger partial charge on any atom is -0.497 e. The molecular formula is C19H20N4O2. The summed E-state index contributed by atoms with van der Waals surface area (Å²) in [7, 11) is 1.60. The van der Waals surface area contributed by atoms with Gasteiger partial charge in [-0.2, -0.15) is 5.26 Å². The van der Waals surface area contributed by atoms with Crippen LogP contribution in [0.15, 0.2) is 60.6 Å². The summed E-state index contributed by atoms with van der Waals surface area (Å²) < 4.78 is 5.11. The SMILES string of the molecule is COc1ccc(C(C)NC(=O)/C(C#N)=C\NCc2ccncc2)cc1. The smallest absolute Gasteiger partial charge is 0.263 e. The number of nitrogens with zero attached hydrogens (tertiary/aromatic N) is 2. The first-order chi connectivity index (χ1) is 12.1. The number of nitriles is 1. The average Bonchev–Trinajstić information content (AvgIpc) is 2.66. The minimum absolute atomic E-state index is 0.0226. The van der Waals surface area contributed by atoms with E-state index in [2.05, 4.69) is 15.6 Å². The van der Waals surface area contributed by atoms with Crippen LogP contribution in [0.2, 0.25) is 0 Å². The van der Waals surface area contributed by atoms with E-state index in [1.165, 1.54) is 6.20 Å². The maximum Gasteiger partial charge on any atom is 0.263 e. The molecule has 25 heavy (non-hydrogen) atoms. The van der Waals surface area contributed by atoms with Gasteiger partial charge < -0.3 is 15.4 Å². The molecule has 1 amide bonds. The second kappa shape index (κ2) is 9.08.